The molecule has 2 heteroatoms. The molecule has 0 aliphatic carbocycles. The molecule has 1 unspecified atom stereocenters. The molecule has 0 radical (unpaired) electrons. The zero-order chi connectivity index (χ0) is 9.26. The molecule has 1 aromatic carbocycles. The monoisotopic (exact) mass is 179 g/mol. The van der Waals surface area contributed by atoms with E-state index in [0.29, 0.717) is 5.92 Å². The third-order valence-corrected chi connectivity index (χ3v) is 2.73. The Morgan fingerprint density at radius 1 is 1.54 bits per heavy atom. The summed E-state index contributed by atoms with van der Waals surface area (Å²) in [6, 6.07) is 4.98. The number of halogens is 1. The Labute approximate surface area is 78.0 Å². The van der Waals surface area contributed by atoms with E-state index in [1.54, 1.807) is 6.07 Å². The molecular weight excluding hydrogens is 165 g/mol. The molecule has 0 saturated heterocycles. The zero-order valence-electron chi connectivity index (χ0n) is 7.81. The quantitative estimate of drug-likeness (QED) is 0.699. The van der Waals surface area contributed by atoms with Crippen molar-refractivity contribution in [1.82, 2.24) is 0 Å². The van der Waals surface area contributed by atoms with Gasteiger partial charge in [0.1, 0.15) is 5.82 Å². The Morgan fingerprint density at radius 2 is 2.38 bits per heavy atom. The van der Waals surface area contributed by atoms with Crippen molar-refractivity contribution in [1.29, 1.82) is 0 Å². The third-order valence-electron chi connectivity index (χ3n) is 2.73. The van der Waals surface area contributed by atoms with Crippen molar-refractivity contribution in [2.24, 2.45) is 5.92 Å². The lowest BCUT2D eigenvalue weighted by Crippen LogP contribution is -2.22. The van der Waals surface area contributed by atoms with Crippen LogP contribution in [0.1, 0.15) is 18.9 Å². The number of rotatable bonds is 1. The molecule has 70 valence electrons. The van der Waals surface area contributed by atoms with E-state index in [1.165, 1.54) is 6.07 Å². The molecule has 0 bridgehead atoms. The largest absolute Gasteiger partial charge is 0.385 e. The van der Waals surface area contributed by atoms with Crippen molar-refractivity contribution >= 4 is 5.69 Å². The molecule has 1 nitrogen and oxygen atoms in total. The standard InChI is InChI=1S/C11H14FN/c1-2-8-5-9-6-10(12)3-4-11(9)13-7-8/h3-4,6,8,13H,2,5,7H2,1H3. The lowest BCUT2D eigenvalue weighted by molar-refractivity contribution is 0.517. The molecule has 1 atom stereocenters. The summed E-state index contributed by atoms with van der Waals surface area (Å²) in [6.45, 7) is 3.20. The van der Waals surface area contributed by atoms with E-state index < -0.39 is 0 Å². The van der Waals surface area contributed by atoms with E-state index in [1.807, 2.05) is 6.07 Å². The summed E-state index contributed by atoms with van der Waals surface area (Å²) >= 11 is 0. The third kappa shape index (κ3) is 1.67. The minimum Gasteiger partial charge on any atom is -0.385 e. The Kier molecular flexibility index (Phi) is 2.21. The number of fused-ring (bicyclic) bond motifs is 1. The predicted octanol–water partition coefficient (Wildman–Crippen LogP) is 2.82. The second-order valence-corrected chi connectivity index (χ2v) is 3.66. The summed E-state index contributed by atoms with van der Waals surface area (Å²) in [5.41, 5.74) is 2.23. The number of hydrogen-bond acceptors (Lipinski definition) is 1. The minimum atomic E-state index is -0.127. The van der Waals surface area contributed by atoms with Gasteiger partial charge in [0, 0.05) is 12.2 Å². The van der Waals surface area contributed by atoms with Gasteiger partial charge in [-0.2, -0.15) is 0 Å². The van der Waals surface area contributed by atoms with E-state index in [4.69, 9.17) is 0 Å². The van der Waals surface area contributed by atoms with Gasteiger partial charge in [-0.05, 0) is 36.1 Å². The molecule has 13 heavy (non-hydrogen) atoms. The van der Waals surface area contributed by atoms with Crippen molar-refractivity contribution in [3.8, 4) is 0 Å². The molecule has 2 rings (SSSR count). The second kappa shape index (κ2) is 3.36. The van der Waals surface area contributed by atoms with Crippen LogP contribution in [0.2, 0.25) is 0 Å². The van der Waals surface area contributed by atoms with E-state index in [-0.39, 0.29) is 5.82 Å². The Morgan fingerprint density at radius 3 is 3.15 bits per heavy atom. The molecule has 0 spiro atoms. The number of anilines is 1. The zero-order valence-corrected chi connectivity index (χ0v) is 7.81. The first kappa shape index (κ1) is 8.54. The van der Waals surface area contributed by atoms with Crippen molar-refractivity contribution in [2.45, 2.75) is 19.8 Å². The van der Waals surface area contributed by atoms with Gasteiger partial charge < -0.3 is 5.32 Å². The van der Waals surface area contributed by atoms with Crippen molar-refractivity contribution in [3.63, 3.8) is 0 Å². The average Bonchev–Trinajstić information content (AvgIpc) is 2.16. The predicted molar refractivity (Wildman–Crippen MR) is 52.4 cm³/mol. The van der Waals surface area contributed by atoms with Crippen molar-refractivity contribution < 1.29 is 4.39 Å². The van der Waals surface area contributed by atoms with E-state index in [0.717, 1.165) is 30.6 Å². The molecule has 1 aliphatic rings. The summed E-state index contributed by atoms with van der Waals surface area (Å²) in [6.07, 6.45) is 2.17. The number of benzene rings is 1. The number of nitrogens with one attached hydrogen (secondary N) is 1. The molecule has 0 amide bonds. The molecule has 0 fully saturated rings. The maximum atomic E-state index is 12.9. The summed E-state index contributed by atoms with van der Waals surface area (Å²) in [5.74, 6) is 0.534. The van der Waals surface area contributed by atoms with Crippen LogP contribution < -0.4 is 5.32 Å². The van der Waals surface area contributed by atoms with Crippen LogP contribution in [0, 0.1) is 11.7 Å². The van der Waals surface area contributed by atoms with Crippen LogP contribution >= 0.6 is 0 Å². The fourth-order valence-electron chi connectivity index (χ4n) is 1.83. The fraction of sp³-hybridized carbons (Fsp3) is 0.455. The summed E-state index contributed by atoms with van der Waals surface area (Å²) in [5, 5.41) is 3.32. The first-order valence-electron chi connectivity index (χ1n) is 4.82. The Balaban J connectivity index is 2.27. The maximum absolute atomic E-state index is 12.9. The van der Waals surface area contributed by atoms with Gasteiger partial charge >= 0.3 is 0 Å². The van der Waals surface area contributed by atoms with E-state index >= 15 is 0 Å². The first-order valence-corrected chi connectivity index (χ1v) is 4.82. The van der Waals surface area contributed by atoms with Crippen LogP contribution in [0.4, 0.5) is 10.1 Å². The summed E-state index contributed by atoms with van der Waals surface area (Å²) in [4.78, 5) is 0. The Hall–Kier alpha value is -1.05. The normalized spacial score (nSPS) is 20.6. The van der Waals surface area contributed by atoms with Crippen LogP contribution in [0.25, 0.3) is 0 Å². The fourth-order valence-corrected chi connectivity index (χ4v) is 1.83. The first-order chi connectivity index (χ1) is 6.29. The smallest absolute Gasteiger partial charge is 0.123 e. The highest BCUT2D eigenvalue weighted by molar-refractivity contribution is 5.53. The van der Waals surface area contributed by atoms with Crippen LogP contribution in [0.5, 0.6) is 0 Å². The van der Waals surface area contributed by atoms with Crippen molar-refractivity contribution in [2.75, 3.05) is 11.9 Å². The number of hydrogen-bond donors (Lipinski definition) is 1. The van der Waals surface area contributed by atoms with Gasteiger partial charge in [0.25, 0.3) is 0 Å². The van der Waals surface area contributed by atoms with Crippen LogP contribution in [0.15, 0.2) is 18.2 Å². The maximum Gasteiger partial charge on any atom is 0.123 e. The average molecular weight is 179 g/mol. The Bertz CT molecular complexity index is 309. The van der Waals surface area contributed by atoms with Crippen LogP contribution in [-0.2, 0) is 6.42 Å². The summed E-state index contributed by atoms with van der Waals surface area (Å²) < 4.78 is 12.9. The van der Waals surface area contributed by atoms with Crippen LogP contribution in [-0.4, -0.2) is 6.54 Å². The lowest BCUT2D eigenvalue weighted by Gasteiger charge is -2.25. The van der Waals surface area contributed by atoms with Gasteiger partial charge in [-0.15, -0.1) is 0 Å². The highest BCUT2D eigenvalue weighted by Crippen LogP contribution is 2.26. The van der Waals surface area contributed by atoms with Crippen LogP contribution in [0.3, 0.4) is 0 Å². The van der Waals surface area contributed by atoms with E-state index in [9.17, 15) is 4.39 Å². The van der Waals surface area contributed by atoms with E-state index in [2.05, 4.69) is 12.2 Å². The second-order valence-electron chi connectivity index (χ2n) is 3.66. The van der Waals surface area contributed by atoms with Gasteiger partial charge in [-0.3, -0.25) is 0 Å². The minimum absolute atomic E-state index is 0.127. The molecule has 1 heterocycles. The highest BCUT2D eigenvalue weighted by Gasteiger charge is 2.16. The van der Waals surface area contributed by atoms with Gasteiger partial charge in [-0.25, -0.2) is 4.39 Å². The van der Waals surface area contributed by atoms with Gasteiger partial charge in [0.05, 0.1) is 0 Å². The summed E-state index contributed by atoms with van der Waals surface area (Å²) in [7, 11) is 0. The SMILES string of the molecule is CCC1CNc2ccc(F)cc2C1. The molecule has 0 saturated carbocycles. The van der Waals surface area contributed by atoms with Crippen molar-refractivity contribution in [3.05, 3.63) is 29.6 Å². The molecular formula is C11H14FN. The highest BCUT2D eigenvalue weighted by atomic mass is 19.1. The molecule has 1 aliphatic heterocycles. The topological polar surface area (TPSA) is 12.0 Å². The van der Waals surface area contributed by atoms with Gasteiger partial charge in [0.15, 0.2) is 0 Å². The molecule has 0 aromatic heterocycles. The van der Waals surface area contributed by atoms with Gasteiger partial charge in [-0.1, -0.05) is 13.3 Å². The molecule has 1 N–H and O–H groups in total. The molecule has 1 aromatic rings. The van der Waals surface area contributed by atoms with Gasteiger partial charge in [0.2, 0.25) is 0 Å². The lowest BCUT2D eigenvalue weighted by atomic mass is 9.92.